The molecule has 1 nitrogen and oxygen atoms in total. The van der Waals surface area contributed by atoms with Crippen LogP contribution in [0.15, 0.2) is 0 Å². The van der Waals surface area contributed by atoms with E-state index >= 15 is 0 Å². The summed E-state index contributed by atoms with van der Waals surface area (Å²) in [5.74, 6) is 0. The van der Waals surface area contributed by atoms with Crippen LogP contribution in [0.4, 0.5) is 0 Å². The molecule has 0 spiro atoms. The van der Waals surface area contributed by atoms with Crippen molar-refractivity contribution in [3.8, 4) is 0 Å². The maximum absolute atomic E-state index is 6.16. The maximum Gasteiger partial charge on any atom is 0.0220 e. The number of nitrogens with two attached hydrogens (primary N) is 1. The molecule has 0 radical (unpaired) electrons. The van der Waals surface area contributed by atoms with Crippen molar-refractivity contribution in [1.29, 1.82) is 0 Å². The molecule has 2 unspecified atom stereocenters. The SMILES string of the molecule is CC1(C)CC2(C)CC2(N)C1. The predicted octanol–water partition coefficient (Wildman–Crippen LogP) is 1.91. The van der Waals surface area contributed by atoms with Crippen molar-refractivity contribution >= 4 is 0 Å². The predicted molar refractivity (Wildman–Crippen MR) is 42.7 cm³/mol. The van der Waals surface area contributed by atoms with Crippen LogP contribution < -0.4 is 5.73 Å². The van der Waals surface area contributed by atoms with Crippen LogP contribution >= 0.6 is 0 Å². The van der Waals surface area contributed by atoms with E-state index in [0.717, 1.165) is 0 Å². The molecule has 2 aliphatic rings. The Kier molecular flexibility index (Phi) is 0.860. The van der Waals surface area contributed by atoms with Crippen molar-refractivity contribution in [2.75, 3.05) is 0 Å². The minimum atomic E-state index is 0.233. The average Bonchev–Trinajstić information content (AvgIpc) is 1.93. The molecule has 58 valence electrons. The van der Waals surface area contributed by atoms with Crippen LogP contribution in [0.3, 0.4) is 0 Å². The standard InChI is InChI=1S/C9H17N/c1-7(2)4-8(3)6-9(8,10)5-7/h4-6,10H2,1-3H3. The molecule has 1 heteroatoms. The van der Waals surface area contributed by atoms with Crippen molar-refractivity contribution in [3.63, 3.8) is 0 Å². The molecule has 0 aromatic carbocycles. The summed E-state index contributed by atoms with van der Waals surface area (Å²) in [5, 5.41) is 0. The van der Waals surface area contributed by atoms with E-state index in [1.165, 1.54) is 19.3 Å². The van der Waals surface area contributed by atoms with Crippen LogP contribution in [-0.2, 0) is 0 Å². The lowest BCUT2D eigenvalue weighted by atomic mass is 9.85. The first-order valence-electron chi connectivity index (χ1n) is 4.16. The van der Waals surface area contributed by atoms with Gasteiger partial charge in [0.15, 0.2) is 0 Å². The van der Waals surface area contributed by atoms with E-state index in [2.05, 4.69) is 20.8 Å². The van der Waals surface area contributed by atoms with Gasteiger partial charge in [0, 0.05) is 5.54 Å². The first kappa shape index (κ1) is 6.66. The summed E-state index contributed by atoms with van der Waals surface area (Å²) >= 11 is 0. The molecule has 2 N–H and O–H groups in total. The van der Waals surface area contributed by atoms with E-state index in [1.807, 2.05) is 0 Å². The second-order valence-electron chi connectivity index (χ2n) is 5.41. The van der Waals surface area contributed by atoms with Gasteiger partial charge >= 0.3 is 0 Å². The molecule has 0 saturated heterocycles. The molecular formula is C9H17N. The molecule has 0 aromatic rings. The van der Waals surface area contributed by atoms with Gasteiger partial charge in [-0.3, -0.25) is 0 Å². The van der Waals surface area contributed by atoms with Gasteiger partial charge in [-0.25, -0.2) is 0 Å². The largest absolute Gasteiger partial charge is 0.325 e. The van der Waals surface area contributed by atoms with E-state index < -0.39 is 0 Å². The van der Waals surface area contributed by atoms with E-state index in [-0.39, 0.29) is 5.54 Å². The van der Waals surface area contributed by atoms with Crippen molar-refractivity contribution in [1.82, 2.24) is 0 Å². The molecule has 2 fully saturated rings. The summed E-state index contributed by atoms with van der Waals surface area (Å²) in [6.07, 6.45) is 3.83. The Labute approximate surface area is 63.0 Å². The first-order valence-corrected chi connectivity index (χ1v) is 4.16. The Bertz CT molecular complexity index is 167. The smallest absolute Gasteiger partial charge is 0.0220 e. The summed E-state index contributed by atoms with van der Waals surface area (Å²) < 4.78 is 0. The molecule has 2 saturated carbocycles. The lowest BCUT2D eigenvalue weighted by Gasteiger charge is -2.20. The second kappa shape index (κ2) is 1.29. The van der Waals surface area contributed by atoms with E-state index in [4.69, 9.17) is 5.73 Å². The van der Waals surface area contributed by atoms with Crippen LogP contribution in [-0.4, -0.2) is 5.54 Å². The summed E-state index contributed by atoms with van der Waals surface area (Å²) in [6.45, 7) is 7.00. The molecule has 0 bridgehead atoms. The molecule has 2 atom stereocenters. The van der Waals surface area contributed by atoms with Gasteiger partial charge in [-0.15, -0.1) is 0 Å². The van der Waals surface area contributed by atoms with Gasteiger partial charge in [-0.1, -0.05) is 20.8 Å². The highest BCUT2D eigenvalue weighted by molar-refractivity contribution is 5.24. The average molecular weight is 139 g/mol. The first-order chi connectivity index (χ1) is 4.37. The second-order valence-corrected chi connectivity index (χ2v) is 5.41. The number of rotatable bonds is 0. The highest BCUT2D eigenvalue weighted by Crippen LogP contribution is 2.70. The molecule has 2 rings (SSSR count). The Morgan fingerprint density at radius 1 is 1.00 bits per heavy atom. The fraction of sp³-hybridized carbons (Fsp3) is 1.00. The minimum absolute atomic E-state index is 0.233. The van der Waals surface area contributed by atoms with Crippen LogP contribution in [0, 0.1) is 10.8 Å². The normalized spacial score (nSPS) is 56.4. The third kappa shape index (κ3) is 0.619. The fourth-order valence-corrected chi connectivity index (χ4v) is 3.14. The monoisotopic (exact) mass is 139 g/mol. The third-order valence-electron chi connectivity index (χ3n) is 3.45. The lowest BCUT2D eigenvalue weighted by Crippen LogP contribution is -2.26. The van der Waals surface area contributed by atoms with Gasteiger partial charge in [-0.05, 0) is 30.1 Å². The molecule has 0 amide bonds. The molecular weight excluding hydrogens is 122 g/mol. The zero-order chi connectivity index (χ0) is 7.62. The summed E-state index contributed by atoms with van der Waals surface area (Å²) in [7, 11) is 0. The highest BCUT2D eigenvalue weighted by Gasteiger charge is 2.68. The Balaban J connectivity index is 2.24. The molecule has 0 heterocycles. The molecule has 0 aromatic heterocycles. The van der Waals surface area contributed by atoms with Gasteiger partial charge in [0.05, 0.1) is 0 Å². The van der Waals surface area contributed by atoms with E-state index in [9.17, 15) is 0 Å². The van der Waals surface area contributed by atoms with Crippen LogP contribution in [0.1, 0.15) is 40.0 Å². The van der Waals surface area contributed by atoms with Gasteiger partial charge in [-0.2, -0.15) is 0 Å². The van der Waals surface area contributed by atoms with E-state index in [1.54, 1.807) is 0 Å². The summed E-state index contributed by atoms with van der Waals surface area (Å²) in [5.41, 5.74) is 7.42. The zero-order valence-electron chi connectivity index (χ0n) is 7.20. The molecule has 10 heavy (non-hydrogen) atoms. The van der Waals surface area contributed by atoms with Gasteiger partial charge in [0.1, 0.15) is 0 Å². The quantitative estimate of drug-likeness (QED) is 0.545. The van der Waals surface area contributed by atoms with Gasteiger partial charge in [0.25, 0.3) is 0 Å². The molecule has 0 aliphatic heterocycles. The minimum Gasteiger partial charge on any atom is -0.325 e. The number of hydrogen-bond acceptors (Lipinski definition) is 1. The third-order valence-corrected chi connectivity index (χ3v) is 3.45. The van der Waals surface area contributed by atoms with Gasteiger partial charge in [0.2, 0.25) is 0 Å². The Morgan fingerprint density at radius 2 is 1.60 bits per heavy atom. The Morgan fingerprint density at radius 3 is 1.80 bits per heavy atom. The number of fused-ring (bicyclic) bond motifs is 1. The lowest BCUT2D eigenvalue weighted by molar-refractivity contribution is 0.310. The summed E-state index contributed by atoms with van der Waals surface area (Å²) in [4.78, 5) is 0. The topological polar surface area (TPSA) is 26.0 Å². The number of hydrogen-bond donors (Lipinski definition) is 1. The van der Waals surface area contributed by atoms with E-state index in [0.29, 0.717) is 10.8 Å². The van der Waals surface area contributed by atoms with Crippen molar-refractivity contribution in [2.24, 2.45) is 16.6 Å². The van der Waals surface area contributed by atoms with Crippen LogP contribution in [0.5, 0.6) is 0 Å². The van der Waals surface area contributed by atoms with Crippen molar-refractivity contribution in [2.45, 2.75) is 45.6 Å². The van der Waals surface area contributed by atoms with Crippen LogP contribution in [0.2, 0.25) is 0 Å². The van der Waals surface area contributed by atoms with Crippen LogP contribution in [0.25, 0.3) is 0 Å². The molecule has 2 aliphatic carbocycles. The van der Waals surface area contributed by atoms with Crippen molar-refractivity contribution in [3.05, 3.63) is 0 Å². The maximum atomic E-state index is 6.16. The summed E-state index contributed by atoms with van der Waals surface area (Å²) in [6, 6.07) is 0. The Hall–Kier alpha value is -0.0400. The highest BCUT2D eigenvalue weighted by atomic mass is 14.9. The fourth-order valence-electron chi connectivity index (χ4n) is 3.14. The van der Waals surface area contributed by atoms with Gasteiger partial charge < -0.3 is 5.73 Å². The van der Waals surface area contributed by atoms with Crippen molar-refractivity contribution < 1.29 is 0 Å². The zero-order valence-corrected chi connectivity index (χ0v) is 7.20.